The van der Waals surface area contributed by atoms with Crippen LogP contribution in [0.25, 0.3) is 6.08 Å². The minimum atomic E-state index is -0.608. The van der Waals surface area contributed by atoms with Gasteiger partial charge < -0.3 is 14.2 Å². The summed E-state index contributed by atoms with van der Waals surface area (Å²) < 4.78 is 16.7. The van der Waals surface area contributed by atoms with Gasteiger partial charge in [0.05, 0.1) is 29.2 Å². The maximum absolute atomic E-state index is 12.6. The number of imide groups is 1. The Bertz CT molecular complexity index is 810. The molecule has 0 spiro atoms. The predicted octanol–water partition coefficient (Wildman–Crippen LogP) is 4.23. The van der Waals surface area contributed by atoms with E-state index in [2.05, 4.69) is 15.9 Å². The molecule has 0 radical (unpaired) electrons. The number of benzene rings is 1. The van der Waals surface area contributed by atoms with Gasteiger partial charge in [-0.25, -0.2) is 0 Å². The fourth-order valence-electron chi connectivity index (χ4n) is 2.39. The lowest BCUT2D eigenvalue weighted by Crippen LogP contribution is -2.35. The van der Waals surface area contributed by atoms with E-state index in [1.165, 1.54) is 7.11 Å². The molecule has 1 aromatic rings. The number of methoxy groups -OCH3 is 1. The molecule has 1 saturated heterocycles. The topological polar surface area (TPSA) is 82.1 Å². The molecule has 9 heteroatoms. The van der Waals surface area contributed by atoms with Gasteiger partial charge in [0.1, 0.15) is 6.54 Å². The Morgan fingerprint density at radius 3 is 2.64 bits per heavy atom. The maximum Gasteiger partial charge on any atom is 0.326 e. The van der Waals surface area contributed by atoms with Crippen molar-refractivity contribution in [1.29, 1.82) is 0 Å². The van der Waals surface area contributed by atoms with E-state index in [0.717, 1.165) is 16.7 Å². The molecule has 1 heterocycles. The number of carbonyl (C=O) groups is 3. The van der Waals surface area contributed by atoms with Gasteiger partial charge in [-0.05, 0) is 71.7 Å². The average Bonchev–Trinajstić information content (AvgIpc) is 2.89. The summed E-state index contributed by atoms with van der Waals surface area (Å²) in [6.45, 7) is 5.53. The summed E-state index contributed by atoms with van der Waals surface area (Å²) in [4.78, 5) is 37.8. The fourth-order valence-corrected chi connectivity index (χ4v) is 3.85. The van der Waals surface area contributed by atoms with Crippen LogP contribution in [0.15, 0.2) is 21.5 Å². The summed E-state index contributed by atoms with van der Waals surface area (Å²) >= 11 is 4.20. The lowest BCUT2D eigenvalue weighted by molar-refractivity contribution is -0.150. The van der Waals surface area contributed by atoms with Crippen LogP contribution < -0.4 is 9.47 Å². The maximum atomic E-state index is 12.6. The van der Waals surface area contributed by atoms with E-state index >= 15 is 0 Å². The van der Waals surface area contributed by atoms with Crippen molar-refractivity contribution in [2.75, 3.05) is 20.3 Å². The van der Waals surface area contributed by atoms with Gasteiger partial charge in [-0.2, -0.15) is 0 Å². The second-order valence-electron chi connectivity index (χ2n) is 5.94. The summed E-state index contributed by atoms with van der Waals surface area (Å²) in [5, 5.41) is -0.505. The standard InChI is InChI=1S/C19H22BrNO6S/c1-5-11(3)27-16(22)10-21-18(23)15(28-19(21)24)9-12-7-13(20)17(25-4)14(8-12)26-6-2/h7-9,11H,5-6,10H2,1-4H3/b15-9+/t11-/m0/s1. The Labute approximate surface area is 176 Å². The summed E-state index contributed by atoms with van der Waals surface area (Å²) in [5.41, 5.74) is 0.656. The molecule has 0 unspecified atom stereocenters. The molecule has 0 aromatic heterocycles. The third kappa shape index (κ3) is 5.29. The van der Waals surface area contributed by atoms with Crippen LogP contribution in [0.5, 0.6) is 11.5 Å². The lowest BCUT2D eigenvalue weighted by atomic mass is 10.2. The first-order valence-electron chi connectivity index (χ1n) is 8.75. The summed E-state index contributed by atoms with van der Waals surface area (Å²) in [6, 6.07) is 3.48. The number of thioether (sulfide) groups is 1. The first-order chi connectivity index (χ1) is 13.3. The van der Waals surface area contributed by atoms with Crippen molar-refractivity contribution in [3.8, 4) is 11.5 Å². The van der Waals surface area contributed by atoms with Gasteiger partial charge in [-0.3, -0.25) is 19.3 Å². The number of hydrogen-bond donors (Lipinski definition) is 0. The molecule has 0 N–H and O–H groups in total. The predicted molar refractivity (Wildman–Crippen MR) is 110 cm³/mol. The first kappa shape index (κ1) is 22.3. The van der Waals surface area contributed by atoms with Crippen LogP contribution in [-0.4, -0.2) is 48.4 Å². The molecule has 0 saturated carbocycles. The van der Waals surface area contributed by atoms with Gasteiger partial charge in [0.2, 0.25) is 0 Å². The van der Waals surface area contributed by atoms with E-state index in [1.807, 2.05) is 13.8 Å². The van der Waals surface area contributed by atoms with E-state index in [-0.39, 0.29) is 11.0 Å². The number of hydrogen-bond acceptors (Lipinski definition) is 7. The zero-order valence-corrected chi connectivity index (χ0v) is 18.5. The minimum Gasteiger partial charge on any atom is -0.492 e. The largest absolute Gasteiger partial charge is 0.492 e. The Hall–Kier alpha value is -2.00. The van der Waals surface area contributed by atoms with E-state index < -0.39 is 23.7 Å². The lowest BCUT2D eigenvalue weighted by Gasteiger charge is -2.15. The number of halogens is 1. The van der Waals surface area contributed by atoms with E-state index in [1.54, 1.807) is 25.1 Å². The van der Waals surface area contributed by atoms with Crippen molar-refractivity contribution in [2.45, 2.75) is 33.3 Å². The van der Waals surface area contributed by atoms with Crippen molar-refractivity contribution in [1.82, 2.24) is 4.90 Å². The molecule has 1 aliphatic rings. The minimum absolute atomic E-state index is 0.223. The highest BCUT2D eigenvalue weighted by atomic mass is 79.9. The van der Waals surface area contributed by atoms with Gasteiger partial charge >= 0.3 is 5.97 Å². The number of amides is 2. The van der Waals surface area contributed by atoms with E-state index in [0.29, 0.717) is 34.6 Å². The molecule has 1 atom stereocenters. The van der Waals surface area contributed by atoms with Crippen LogP contribution in [0.3, 0.4) is 0 Å². The van der Waals surface area contributed by atoms with Gasteiger partial charge in [0.25, 0.3) is 11.1 Å². The summed E-state index contributed by atoms with van der Waals surface area (Å²) in [6.07, 6.45) is 1.97. The Morgan fingerprint density at radius 1 is 1.32 bits per heavy atom. The molecule has 2 amide bonds. The molecule has 0 aliphatic carbocycles. The van der Waals surface area contributed by atoms with E-state index in [4.69, 9.17) is 14.2 Å². The SMILES string of the molecule is CCOc1cc(/C=C2/SC(=O)N(CC(=O)O[C@@H](C)CC)C2=O)cc(Br)c1OC. The molecular formula is C19H22BrNO6S. The molecule has 1 aliphatic heterocycles. The van der Waals surface area contributed by atoms with Gasteiger partial charge in [-0.1, -0.05) is 6.92 Å². The van der Waals surface area contributed by atoms with Crippen molar-refractivity contribution >= 4 is 50.9 Å². The summed E-state index contributed by atoms with van der Waals surface area (Å²) in [5.74, 6) is -0.0772. The van der Waals surface area contributed by atoms with Crippen LogP contribution in [0.1, 0.15) is 32.8 Å². The molecule has 1 fully saturated rings. The smallest absolute Gasteiger partial charge is 0.326 e. The highest BCUT2D eigenvalue weighted by molar-refractivity contribution is 9.10. The Balaban J connectivity index is 2.22. The van der Waals surface area contributed by atoms with Crippen molar-refractivity contribution in [3.63, 3.8) is 0 Å². The van der Waals surface area contributed by atoms with Crippen molar-refractivity contribution in [2.24, 2.45) is 0 Å². The van der Waals surface area contributed by atoms with Crippen LogP contribution in [0, 0.1) is 0 Å². The zero-order valence-electron chi connectivity index (χ0n) is 16.1. The highest BCUT2D eigenvalue weighted by Gasteiger charge is 2.37. The first-order valence-corrected chi connectivity index (χ1v) is 10.4. The van der Waals surface area contributed by atoms with Crippen LogP contribution in [-0.2, 0) is 14.3 Å². The molecule has 2 rings (SSSR count). The summed E-state index contributed by atoms with van der Waals surface area (Å²) in [7, 11) is 1.53. The molecule has 1 aromatic carbocycles. The highest BCUT2D eigenvalue weighted by Crippen LogP contribution is 2.39. The van der Waals surface area contributed by atoms with Crippen molar-refractivity contribution in [3.05, 3.63) is 27.1 Å². The van der Waals surface area contributed by atoms with Crippen LogP contribution in [0.2, 0.25) is 0 Å². The third-order valence-electron chi connectivity index (χ3n) is 3.90. The molecule has 152 valence electrons. The quantitative estimate of drug-likeness (QED) is 0.414. The number of rotatable bonds is 8. The van der Waals surface area contributed by atoms with Crippen molar-refractivity contribution < 1.29 is 28.6 Å². The fraction of sp³-hybridized carbons (Fsp3) is 0.421. The monoisotopic (exact) mass is 471 g/mol. The second kappa shape index (κ2) is 9.97. The zero-order chi connectivity index (χ0) is 20.8. The van der Waals surface area contributed by atoms with Crippen LogP contribution in [0.4, 0.5) is 4.79 Å². The number of esters is 1. The average molecular weight is 472 g/mol. The van der Waals surface area contributed by atoms with Crippen LogP contribution >= 0.6 is 27.7 Å². The van der Waals surface area contributed by atoms with Gasteiger partial charge in [0.15, 0.2) is 11.5 Å². The second-order valence-corrected chi connectivity index (χ2v) is 7.79. The Morgan fingerprint density at radius 2 is 2.04 bits per heavy atom. The number of carbonyl (C=O) groups excluding carboxylic acids is 3. The molecule has 7 nitrogen and oxygen atoms in total. The van der Waals surface area contributed by atoms with Gasteiger partial charge in [-0.15, -0.1) is 0 Å². The number of ether oxygens (including phenoxy) is 3. The molecule has 0 bridgehead atoms. The third-order valence-corrected chi connectivity index (χ3v) is 5.40. The molecular weight excluding hydrogens is 450 g/mol. The number of nitrogens with zero attached hydrogens (tertiary/aromatic N) is 1. The molecule has 28 heavy (non-hydrogen) atoms. The Kier molecular flexibility index (Phi) is 7.94. The van der Waals surface area contributed by atoms with Gasteiger partial charge in [0, 0.05) is 0 Å². The normalized spacial score (nSPS) is 16.5. The van der Waals surface area contributed by atoms with E-state index in [9.17, 15) is 14.4 Å².